The molecule has 20 rings (SSSR count). The van der Waals surface area contributed by atoms with Gasteiger partial charge in [-0.3, -0.25) is 0 Å². The minimum absolute atomic E-state index is 0.0292. The van der Waals surface area contributed by atoms with Crippen molar-refractivity contribution in [3.05, 3.63) is 70.8 Å². The Bertz CT molecular complexity index is 2980. The van der Waals surface area contributed by atoms with Gasteiger partial charge in [0.1, 0.15) is 176 Å². The Balaban J connectivity index is 0.864. The molecule has 12 aliphatic heterocycles. The van der Waals surface area contributed by atoms with Crippen LogP contribution in [0.15, 0.2) is 48.5 Å². The lowest BCUT2D eigenvalue weighted by Gasteiger charge is -2.71. The summed E-state index contributed by atoms with van der Waals surface area (Å²) in [5.41, 5.74) is 0.682. The molecule has 94 heavy (non-hydrogen) atoms. The Hall–Kier alpha value is -6.00. The topological polar surface area (TPSA) is 261 Å². The van der Waals surface area contributed by atoms with Crippen LogP contribution >= 0.6 is 0 Å². The molecule has 24 heteroatoms. The van der Waals surface area contributed by atoms with E-state index in [2.05, 4.69) is 24.3 Å². The van der Waals surface area contributed by atoms with E-state index in [0.717, 1.165) is 22.3 Å². The number of hydrogen-bond acceptors (Lipinski definition) is 24. The van der Waals surface area contributed by atoms with Crippen LogP contribution < -0.4 is 56.8 Å². The molecule has 24 nitrogen and oxygen atoms in total. The molecule has 12 saturated heterocycles. The van der Waals surface area contributed by atoms with Gasteiger partial charge in [0.15, 0.2) is 46.0 Å². The summed E-state index contributed by atoms with van der Waals surface area (Å²) in [7, 11) is 0. The van der Waals surface area contributed by atoms with Crippen LogP contribution in [0.25, 0.3) is 0 Å². The van der Waals surface area contributed by atoms with Crippen LogP contribution in [0.3, 0.4) is 0 Å². The molecule has 0 N–H and O–H groups in total. The fourth-order valence-corrected chi connectivity index (χ4v) is 15.1. The molecule has 16 fully saturated rings. The SMILES string of the molecule is c1c(OCC2CO2)c(OCC2CO2)cc(C23CC4(c5cc(OCC6CO6)c(OCC6CO6)cc5OCC5CO5)CC(c5cc(OCC6CO6)c(OCC6CO6)cc5OCC5CO5)(C2)CC(c2cc(OCC5CO5)c(OCC5CO5)cc2OCC2CO2)(C3)C4)c1OCC1CO1. The molecule has 0 amide bonds. The summed E-state index contributed by atoms with van der Waals surface area (Å²) in [6, 6.07) is 17.0. The maximum absolute atomic E-state index is 7.24. The number of epoxide rings is 12. The lowest BCUT2D eigenvalue weighted by Crippen LogP contribution is -2.67. The van der Waals surface area contributed by atoms with Gasteiger partial charge in [-0.1, -0.05) is 0 Å². The molecule has 4 saturated carbocycles. The Morgan fingerprint density at radius 1 is 0.191 bits per heavy atom. The second kappa shape index (κ2) is 23.9. The van der Waals surface area contributed by atoms with Crippen LogP contribution in [0.2, 0.25) is 0 Å². The van der Waals surface area contributed by atoms with Gasteiger partial charge >= 0.3 is 0 Å². The van der Waals surface area contributed by atoms with Crippen molar-refractivity contribution in [3.8, 4) is 69.0 Å². The highest BCUT2D eigenvalue weighted by Crippen LogP contribution is 2.78. The normalized spacial score (nSPS) is 35.9. The fourth-order valence-electron chi connectivity index (χ4n) is 15.1. The smallest absolute Gasteiger partial charge is 0.165 e. The first-order valence-electron chi connectivity index (χ1n) is 33.9. The molecule has 4 aliphatic carbocycles. The molecule has 4 aromatic rings. The Morgan fingerprint density at radius 3 is 0.436 bits per heavy atom. The predicted molar refractivity (Wildman–Crippen MR) is 323 cm³/mol. The van der Waals surface area contributed by atoms with Crippen LogP contribution in [0, 0.1) is 0 Å². The van der Waals surface area contributed by atoms with Crippen LogP contribution in [-0.4, -0.2) is 232 Å². The number of benzene rings is 4. The highest BCUT2D eigenvalue weighted by Gasteiger charge is 2.72. The van der Waals surface area contributed by atoms with Gasteiger partial charge in [0.25, 0.3) is 0 Å². The third-order valence-electron chi connectivity index (χ3n) is 20.5. The molecule has 12 atom stereocenters. The van der Waals surface area contributed by atoms with E-state index in [9.17, 15) is 0 Å². The quantitative estimate of drug-likeness (QED) is 0.0501. The Labute approximate surface area is 543 Å². The van der Waals surface area contributed by atoms with E-state index in [1.165, 1.54) is 0 Å². The first-order chi connectivity index (χ1) is 46.2. The van der Waals surface area contributed by atoms with Crippen LogP contribution in [0.4, 0.5) is 0 Å². The summed E-state index contributed by atoms with van der Waals surface area (Å²) in [5, 5.41) is 0. The Kier molecular flexibility index (Phi) is 15.1. The summed E-state index contributed by atoms with van der Waals surface area (Å²) >= 11 is 0. The maximum atomic E-state index is 7.24. The average molecular weight is 1310 g/mol. The van der Waals surface area contributed by atoms with Crippen LogP contribution in [0.5, 0.6) is 69.0 Å². The van der Waals surface area contributed by atoms with Gasteiger partial charge in [-0.25, -0.2) is 0 Å². The summed E-state index contributed by atoms with van der Waals surface area (Å²) in [4.78, 5) is 0. The molecule has 504 valence electrons. The van der Waals surface area contributed by atoms with Crippen molar-refractivity contribution in [2.75, 3.05) is 159 Å². The van der Waals surface area contributed by atoms with Gasteiger partial charge in [0.2, 0.25) is 0 Å². The maximum Gasteiger partial charge on any atom is 0.165 e. The van der Waals surface area contributed by atoms with E-state index in [1.807, 2.05) is 24.3 Å². The van der Waals surface area contributed by atoms with E-state index in [4.69, 9.17) is 114 Å². The van der Waals surface area contributed by atoms with Gasteiger partial charge < -0.3 is 114 Å². The molecule has 4 aromatic carbocycles. The van der Waals surface area contributed by atoms with Gasteiger partial charge in [-0.05, 0) is 62.8 Å². The fraction of sp³-hybridized carbons (Fsp3) is 0.657. The summed E-state index contributed by atoms with van der Waals surface area (Å²) in [6.07, 6.45) is 3.07. The second-order valence-corrected chi connectivity index (χ2v) is 28.6. The molecule has 4 bridgehead atoms. The van der Waals surface area contributed by atoms with Crippen molar-refractivity contribution < 1.29 is 114 Å². The zero-order valence-electron chi connectivity index (χ0n) is 52.6. The van der Waals surface area contributed by atoms with Crippen molar-refractivity contribution >= 4 is 0 Å². The molecule has 0 spiro atoms. The Morgan fingerprint density at radius 2 is 0.309 bits per heavy atom. The lowest BCUT2D eigenvalue weighted by atomic mass is 9.32. The van der Waals surface area contributed by atoms with E-state index in [-0.39, 0.29) is 73.2 Å². The van der Waals surface area contributed by atoms with E-state index < -0.39 is 21.7 Å². The van der Waals surface area contributed by atoms with Gasteiger partial charge in [0.05, 0.1) is 79.3 Å². The minimum Gasteiger partial charge on any atom is -0.490 e. The van der Waals surface area contributed by atoms with E-state index >= 15 is 0 Å². The van der Waals surface area contributed by atoms with Gasteiger partial charge in [-0.15, -0.1) is 0 Å². The summed E-state index contributed by atoms with van der Waals surface area (Å²) in [5.74, 6) is 7.25. The highest BCUT2D eigenvalue weighted by atomic mass is 16.7. The van der Waals surface area contributed by atoms with Gasteiger partial charge in [-0.2, -0.15) is 0 Å². The lowest BCUT2D eigenvalue weighted by molar-refractivity contribution is -0.0724. The van der Waals surface area contributed by atoms with Gasteiger partial charge in [0, 0.05) is 68.2 Å². The van der Waals surface area contributed by atoms with Crippen molar-refractivity contribution in [1.82, 2.24) is 0 Å². The molecule has 16 aliphatic rings. The molecular formula is C70H80O24. The largest absolute Gasteiger partial charge is 0.490 e. The predicted octanol–water partition coefficient (Wildman–Crippen LogP) is 5.45. The molecular weight excluding hydrogens is 1220 g/mol. The number of rotatable bonds is 40. The summed E-state index contributed by atoms with van der Waals surface area (Å²) in [6.45, 7) is 11.3. The minimum atomic E-state index is -0.796. The molecule has 0 radical (unpaired) electrons. The third-order valence-corrected chi connectivity index (χ3v) is 20.5. The summed E-state index contributed by atoms with van der Waals surface area (Å²) < 4.78 is 153. The highest BCUT2D eigenvalue weighted by molar-refractivity contribution is 5.65. The average Bonchev–Trinajstić information content (AvgIpc) is 1.54. The van der Waals surface area contributed by atoms with Crippen molar-refractivity contribution in [2.45, 2.75) is 133 Å². The first-order valence-corrected chi connectivity index (χ1v) is 33.9. The van der Waals surface area contributed by atoms with Crippen molar-refractivity contribution in [3.63, 3.8) is 0 Å². The zero-order valence-corrected chi connectivity index (χ0v) is 52.6. The van der Waals surface area contributed by atoms with Crippen molar-refractivity contribution in [2.24, 2.45) is 0 Å². The number of hydrogen-bond donors (Lipinski definition) is 0. The third kappa shape index (κ3) is 13.6. The zero-order chi connectivity index (χ0) is 62.0. The monoisotopic (exact) mass is 1300 g/mol. The first kappa shape index (κ1) is 59.3. The van der Waals surface area contributed by atoms with E-state index in [0.29, 0.717) is 266 Å². The molecule has 12 unspecified atom stereocenters. The van der Waals surface area contributed by atoms with Crippen molar-refractivity contribution in [1.29, 1.82) is 0 Å². The molecule has 0 aromatic heterocycles. The van der Waals surface area contributed by atoms with E-state index in [1.54, 1.807) is 0 Å². The second-order valence-electron chi connectivity index (χ2n) is 28.6. The number of ether oxygens (including phenoxy) is 24. The van der Waals surface area contributed by atoms with Crippen LogP contribution in [0.1, 0.15) is 60.8 Å². The standard InChI is InChI=1S/C70H80O24/c1-51(55(83-21-39-9-71-39)5-63(91-29-47-17-79-47)59(1)87-25-43-13-75-43)67-33-68(52-2-60(88-26-44-14-76-44)64(92-30-48-18-80-48)6-56(52)84-22-40-10-72-40)36-69(34-67,53-3-61(89-27-45-15-77-45)65(93-31-49-19-81-49)7-57(53)85-23-41-11-73-41)38-70(35-67,37-68)54-4-62(90-28-46-16-78-46)66(94-32-50-20-82-50)8-58(54)86-24-42-12-74-42/h1-8,39-50H,9-38H2. The molecule has 12 heterocycles. The van der Waals surface area contributed by atoms with Crippen LogP contribution in [-0.2, 0) is 78.5 Å².